The molecule has 0 unspecified atom stereocenters. The Morgan fingerprint density at radius 1 is 1.12 bits per heavy atom. The second-order valence-electron chi connectivity index (χ2n) is 3.70. The molecule has 1 aromatic carbocycles. The molecule has 0 aliphatic heterocycles. The van der Waals surface area contributed by atoms with Crippen molar-refractivity contribution in [2.45, 2.75) is 0 Å². The van der Waals surface area contributed by atoms with E-state index < -0.39 is 0 Å². The number of H-pyrrole nitrogens is 1. The molecule has 2 aromatic heterocycles. The first kappa shape index (κ1) is 9.65. The van der Waals surface area contributed by atoms with E-state index in [2.05, 4.69) is 20.5 Å². The highest BCUT2D eigenvalue weighted by Gasteiger charge is 2.04. The lowest BCUT2D eigenvalue weighted by atomic mass is 10.2. The average Bonchev–Trinajstić information content (AvgIpc) is 2.76. The van der Waals surface area contributed by atoms with Crippen LogP contribution in [-0.4, -0.2) is 15.2 Å². The summed E-state index contributed by atoms with van der Waals surface area (Å²) in [7, 11) is 0. The smallest absolute Gasteiger partial charge is 0.143 e. The Kier molecular flexibility index (Phi) is 2.15. The van der Waals surface area contributed by atoms with Gasteiger partial charge in [-0.25, -0.2) is 0 Å². The van der Waals surface area contributed by atoms with Gasteiger partial charge in [-0.3, -0.25) is 10.1 Å². The Morgan fingerprint density at radius 2 is 2.06 bits per heavy atom. The SMILES string of the molecule is Nc1[nH]ncc1Nc1cccc2ncccc12. The maximum absolute atomic E-state index is 5.74. The van der Waals surface area contributed by atoms with Crippen LogP contribution in [-0.2, 0) is 0 Å². The number of hydrogen-bond donors (Lipinski definition) is 3. The van der Waals surface area contributed by atoms with Crippen LogP contribution in [0.4, 0.5) is 17.2 Å². The van der Waals surface area contributed by atoms with Gasteiger partial charge in [0, 0.05) is 17.3 Å². The molecule has 0 amide bonds. The van der Waals surface area contributed by atoms with Crippen molar-refractivity contribution in [3.05, 3.63) is 42.7 Å². The fourth-order valence-corrected chi connectivity index (χ4v) is 1.75. The molecule has 84 valence electrons. The van der Waals surface area contributed by atoms with Gasteiger partial charge in [-0.2, -0.15) is 5.10 Å². The summed E-state index contributed by atoms with van der Waals surface area (Å²) >= 11 is 0. The molecule has 5 nitrogen and oxygen atoms in total. The van der Waals surface area contributed by atoms with Crippen molar-refractivity contribution in [3.63, 3.8) is 0 Å². The van der Waals surface area contributed by atoms with Gasteiger partial charge < -0.3 is 11.1 Å². The van der Waals surface area contributed by atoms with E-state index in [0.717, 1.165) is 22.3 Å². The third-order valence-corrected chi connectivity index (χ3v) is 2.58. The summed E-state index contributed by atoms with van der Waals surface area (Å²) in [5.74, 6) is 0.519. The lowest BCUT2D eigenvalue weighted by Gasteiger charge is -2.07. The summed E-state index contributed by atoms with van der Waals surface area (Å²) in [5, 5.41) is 10.8. The summed E-state index contributed by atoms with van der Waals surface area (Å²) in [6.07, 6.45) is 3.43. The Hall–Kier alpha value is -2.56. The Balaban J connectivity index is 2.09. The zero-order valence-corrected chi connectivity index (χ0v) is 9.01. The van der Waals surface area contributed by atoms with Crippen LogP contribution >= 0.6 is 0 Å². The third kappa shape index (κ3) is 1.67. The molecule has 0 saturated carbocycles. The summed E-state index contributed by atoms with van der Waals surface area (Å²) in [6.45, 7) is 0. The van der Waals surface area contributed by atoms with E-state index in [-0.39, 0.29) is 0 Å². The molecule has 17 heavy (non-hydrogen) atoms. The molecule has 0 spiro atoms. The third-order valence-electron chi connectivity index (χ3n) is 2.58. The number of fused-ring (bicyclic) bond motifs is 1. The predicted octanol–water partition coefficient (Wildman–Crippen LogP) is 2.28. The fourth-order valence-electron chi connectivity index (χ4n) is 1.75. The van der Waals surface area contributed by atoms with Crippen LogP contribution in [0.3, 0.4) is 0 Å². The van der Waals surface area contributed by atoms with Crippen molar-refractivity contribution >= 4 is 28.1 Å². The second-order valence-corrected chi connectivity index (χ2v) is 3.70. The fraction of sp³-hybridized carbons (Fsp3) is 0. The van der Waals surface area contributed by atoms with Crippen LogP contribution < -0.4 is 11.1 Å². The first-order valence-corrected chi connectivity index (χ1v) is 5.24. The summed E-state index contributed by atoms with van der Waals surface area (Å²) in [6, 6.07) is 9.83. The first-order chi connectivity index (χ1) is 8.34. The predicted molar refractivity (Wildman–Crippen MR) is 68.0 cm³/mol. The number of hydrogen-bond acceptors (Lipinski definition) is 4. The van der Waals surface area contributed by atoms with Gasteiger partial charge in [-0.05, 0) is 24.3 Å². The minimum Gasteiger partial charge on any atom is -0.382 e. The lowest BCUT2D eigenvalue weighted by Crippen LogP contribution is -1.95. The van der Waals surface area contributed by atoms with E-state index in [9.17, 15) is 0 Å². The molecular weight excluding hydrogens is 214 g/mol. The number of benzene rings is 1. The molecule has 0 aliphatic carbocycles. The molecule has 2 heterocycles. The summed E-state index contributed by atoms with van der Waals surface area (Å²) < 4.78 is 0. The maximum atomic E-state index is 5.74. The standard InChI is InChI=1S/C12H11N5/c13-12-11(7-15-17-12)16-10-5-1-4-9-8(10)3-2-6-14-9/h1-7,16H,(H3,13,15,17). The maximum Gasteiger partial charge on any atom is 0.143 e. The van der Waals surface area contributed by atoms with Crippen LogP contribution in [0.15, 0.2) is 42.7 Å². The van der Waals surface area contributed by atoms with E-state index in [1.165, 1.54) is 0 Å². The molecular formula is C12H11N5. The van der Waals surface area contributed by atoms with Gasteiger partial charge in [0.25, 0.3) is 0 Å². The van der Waals surface area contributed by atoms with Gasteiger partial charge in [0.05, 0.1) is 11.7 Å². The number of nitrogens with two attached hydrogens (primary N) is 1. The van der Waals surface area contributed by atoms with Crippen molar-refractivity contribution in [1.29, 1.82) is 0 Å². The Labute approximate surface area is 97.7 Å². The van der Waals surface area contributed by atoms with Gasteiger partial charge in [-0.15, -0.1) is 0 Å². The number of anilines is 3. The van der Waals surface area contributed by atoms with Gasteiger partial charge in [0.2, 0.25) is 0 Å². The van der Waals surface area contributed by atoms with Crippen molar-refractivity contribution in [2.24, 2.45) is 0 Å². The number of nitrogen functional groups attached to an aromatic ring is 1. The first-order valence-electron chi connectivity index (χ1n) is 5.24. The van der Waals surface area contributed by atoms with Crippen LogP contribution in [0.25, 0.3) is 10.9 Å². The highest BCUT2D eigenvalue weighted by Crippen LogP contribution is 2.26. The van der Waals surface area contributed by atoms with Crippen molar-refractivity contribution in [2.75, 3.05) is 11.1 Å². The highest BCUT2D eigenvalue weighted by atomic mass is 15.2. The molecule has 0 aliphatic rings. The number of rotatable bonds is 2. The van der Waals surface area contributed by atoms with E-state index in [1.54, 1.807) is 12.4 Å². The Morgan fingerprint density at radius 3 is 2.88 bits per heavy atom. The number of pyridine rings is 1. The Bertz CT molecular complexity index is 653. The van der Waals surface area contributed by atoms with Crippen LogP contribution in [0, 0.1) is 0 Å². The van der Waals surface area contributed by atoms with Crippen molar-refractivity contribution in [1.82, 2.24) is 15.2 Å². The normalized spacial score (nSPS) is 10.6. The van der Waals surface area contributed by atoms with E-state index in [1.807, 2.05) is 30.3 Å². The second kappa shape index (κ2) is 3.79. The number of aromatic amines is 1. The lowest BCUT2D eigenvalue weighted by molar-refractivity contribution is 1.10. The zero-order chi connectivity index (χ0) is 11.7. The van der Waals surface area contributed by atoms with Crippen LogP contribution in [0.1, 0.15) is 0 Å². The zero-order valence-electron chi connectivity index (χ0n) is 9.01. The summed E-state index contributed by atoms with van der Waals surface area (Å²) in [4.78, 5) is 4.30. The number of nitrogens with zero attached hydrogens (tertiary/aromatic N) is 2. The highest BCUT2D eigenvalue weighted by molar-refractivity contribution is 5.93. The monoisotopic (exact) mass is 225 g/mol. The quantitative estimate of drug-likeness (QED) is 0.625. The topological polar surface area (TPSA) is 79.6 Å². The molecule has 3 rings (SSSR count). The van der Waals surface area contributed by atoms with E-state index in [0.29, 0.717) is 5.82 Å². The molecule has 5 heteroatoms. The van der Waals surface area contributed by atoms with Gasteiger partial charge >= 0.3 is 0 Å². The van der Waals surface area contributed by atoms with Crippen LogP contribution in [0.2, 0.25) is 0 Å². The molecule has 0 radical (unpaired) electrons. The molecule has 0 fully saturated rings. The minimum atomic E-state index is 0.519. The van der Waals surface area contributed by atoms with Crippen molar-refractivity contribution in [3.8, 4) is 0 Å². The minimum absolute atomic E-state index is 0.519. The van der Waals surface area contributed by atoms with Crippen LogP contribution in [0.5, 0.6) is 0 Å². The number of nitrogens with one attached hydrogen (secondary N) is 2. The van der Waals surface area contributed by atoms with Gasteiger partial charge in [-0.1, -0.05) is 6.07 Å². The molecule has 0 bridgehead atoms. The van der Waals surface area contributed by atoms with Gasteiger partial charge in [0.1, 0.15) is 11.5 Å². The molecule has 4 N–H and O–H groups in total. The van der Waals surface area contributed by atoms with Gasteiger partial charge in [0.15, 0.2) is 0 Å². The largest absolute Gasteiger partial charge is 0.382 e. The number of aromatic nitrogens is 3. The van der Waals surface area contributed by atoms with Crippen molar-refractivity contribution < 1.29 is 0 Å². The van der Waals surface area contributed by atoms with E-state index in [4.69, 9.17) is 5.73 Å². The molecule has 0 saturated heterocycles. The average molecular weight is 225 g/mol. The summed E-state index contributed by atoms with van der Waals surface area (Å²) in [5.41, 5.74) is 8.41. The molecule has 3 aromatic rings. The molecule has 0 atom stereocenters. The van der Waals surface area contributed by atoms with E-state index >= 15 is 0 Å².